The number of rotatable bonds is 7. The molecule has 7 heteroatoms. The van der Waals surface area contributed by atoms with Gasteiger partial charge in [-0.2, -0.15) is 0 Å². The van der Waals surface area contributed by atoms with Crippen molar-refractivity contribution in [2.24, 2.45) is 0 Å². The second-order valence-electron chi connectivity index (χ2n) is 3.44. The fourth-order valence-corrected chi connectivity index (χ4v) is 10.1. The van der Waals surface area contributed by atoms with Gasteiger partial charge in [0.25, 0.3) is 0 Å². The number of nitrogens with zero attached hydrogens (tertiary/aromatic N) is 2. The summed E-state index contributed by atoms with van der Waals surface area (Å²) in [6.45, 7) is 9.96. The maximum atomic E-state index is 13.6. The first-order valence-corrected chi connectivity index (χ1v) is 11.8. The van der Waals surface area contributed by atoms with Crippen LogP contribution < -0.4 is 0 Å². The molecule has 0 N–H and O–H groups in total. The molecular formula is C9H21Br2F2N2P. The summed E-state index contributed by atoms with van der Waals surface area (Å²) >= 11 is 6.75. The van der Waals surface area contributed by atoms with E-state index in [4.69, 9.17) is 0 Å². The Labute approximate surface area is 113 Å². The summed E-state index contributed by atoms with van der Waals surface area (Å²) in [6.07, 6.45) is -2.44. The van der Waals surface area contributed by atoms with Gasteiger partial charge in [0.05, 0.1) is 0 Å². The van der Waals surface area contributed by atoms with Crippen molar-refractivity contribution in [2.45, 2.75) is 33.9 Å². The van der Waals surface area contributed by atoms with Crippen molar-refractivity contribution in [1.82, 2.24) is 9.34 Å². The van der Waals surface area contributed by atoms with Crippen molar-refractivity contribution in [3.63, 3.8) is 0 Å². The van der Waals surface area contributed by atoms with Crippen LogP contribution in [0.4, 0.5) is 8.78 Å². The molecule has 0 aromatic heterocycles. The molecule has 0 aliphatic rings. The van der Waals surface area contributed by atoms with Crippen molar-refractivity contribution in [1.29, 1.82) is 0 Å². The molecule has 0 aromatic carbocycles. The van der Waals surface area contributed by atoms with Crippen LogP contribution in [0.15, 0.2) is 0 Å². The molecule has 0 rings (SSSR count). The monoisotopic (exact) mass is 384 g/mol. The van der Waals surface area contributed by atoms with Gasteiger partial charge in [-0.1, -0.05) is 0 Å². The second-order valence-corrected chi connectivity index (χ2v) is 18.0. The molecule has 0 saturated carbocycles. The van der Waals surface area contributed by atoms with Crippen LogP contribution in [0.25, 0.3) is 0 Å². The van der Waals surface area contributed by atoms with Crippen LogP contribution in [0.2, 0.25) is 0 Å². The van der Waals surface area contributed by atoms with E-state index in [2.05, 4.69) is 31.0 Å². The normalized spacial score (nSPS) is 15.8. The molecule has 100 valence electrons. The average molecular weight is 386 g/mol. The Morgan fingerprint density at radius 1 is 0.875 bits per heavy atom. The Bertz CT molecular complexity index is 206. The van der Waals surface area contributed by atoms with Gasteiger partial charge in [-0.25, -0.2) is 0 Å². The van der Waals surface area contributed by atoms with E-state index in [9.17, 15) is 8.78 Å². The van der Waals surface area contributed by atoms with Gasteiger partial charge in [0.2, 0.25) is 0 Å². The van der Waals surface area contributed by atoms with Gasteiger partial charge in [-0.15, -0.1) is 0 Å². The predicted octanol–water partition coefficient (Wildman–Crippen LogP) is 4.90. The maximum absolute atomic E-state index is 13.6. The molecule has 0 aliphatic heterocycles. The van der Waals surface area contributed by atoms with Crippen molar-refractivity contribution in [3.05, 3.63) is 0 Å². The SMILES string of the molecule is CCN(CC)P(Br)(Br)(C(F)F)N(CC)CC. The summed E-state index contributed by atoms with van der Waals surface area (Å²) in [5.41, 5.74) is 0. The summed E-state index contributed by atoms with van der Waals surface area (Å²) in [5, 5.41) is 0. The van der Waals surface area contributed by atoms with Crippen molar-refractivity contribution in [3.8, 4) is 0 Å². The molecule has 0 aliphatic carbocycles. The Morgan fingerprint density at radius 2 is 1.12 bits per heavy atom. The molecule has 0 fully saturated rings. The van der Waals surface area contributed by atoms with Gasteiger partial charge in [-0.05, 0) is 0 Å². The molecular weight excluding hydrogens is 365 g/mol. The summed E-state index contributed by atoms with van der Waals surface area (Å²) < 4.78 is 27.2. The third-order valence-electron chi connectivity index (χ3n) is 2.79. The Morgan fingerprint density at radius 3 is 1.25 bits per heavy atom. The van der Waals surface area contributed by atoms with E-state index >= 15 is 0 Å². The molecule has 0 atom stereocenters. The predicted molar refractivity (Wildman–Crippen MR) is 76.6 cm³/mol. The second kappa shape index (κ2) is 6.37. The summed E-state index contributed by atoms with van der Waals surface area (Å²) in [4.78, 5) is 0. The molecule has 2 nitrogen and oxygen atoms in total. The minimum absolute atomic E-state index is 0.589. The summed E-state index contributed by atoms with van der Waals surface area (Å²) in [5.74, 6) is 0. The van der Waals surface area contributed by atoms with E-state index in [-0.39, 0.29) is 0 Å². The van der Waals surface area contributed by atoms with Crippen LogP contribution >= 0.6 is 35.3 Å². The van der Waals surface area contributed by atoms with Crippen LogP contribution in [0.5, 0.6) is 0 Å². The summed E-state index contributed by atoms with van der Waals surface area (Å²) in [7, 11) is 0. The van der Waals surface area contributed by atoms with Gasteiger partial charge in [0.15, 0.2) is 0 Å². The van der Waals surface area contributed by atoms with Gasteiger partial charge in [-0.3, -0.25) is 0 Å². The number of halogens is 4. The zero-order chi connectivity index (χ0) is 13.0. The number of alkyl halides is 2. The first kappa shape index (κ1) is 17.2. The van der Waals surface area contributed by atoms with Gasteiger partial charge >= 0.3 is 113 Å². The van der Waals surface area contributed by atoms with E-state index in [1.807, 2.05) is 37.0 Å². The molecule has 0 aromatic rings. The Kier molecular flexibility index (Phi) is 6.84. The molecule has 0 heterocycles. The van der Waals surface area contributed by atoms with E-state index in [1.165, 1.54) is 0 Å². The van der Waals surface area contributed by atoms with Gasteiger partial charge in [0.1, 0.15) is 0 Å². The van der Waals surface area contributed by atoms with Crippen LogP contribution in [-0.4, -0.2) is 41.7 Å². The fraction of sp³-hybridized carbons (Fsp3) is 1.00. The van der Waals surface area contributed by atoms with E-state index in [0.29, 0.717) is 26.2 Å². The van der Waals surface area contributed by atoms with Crippen molar-refractivity contribution < 1.29 is 8.78 Å². The first-order chi connectivity index (χ1) is 7.29. The zero-order valence-corrected chi connectivity index (χ0v) is 14.3. The number of hydrogen-bond donors (Lipinski definition) is 0. The van der Waals surface area contributed by atoms with E-state index in [1.54, 1.807) is 0 Å². The number of hydrogen-bond acceptors (Lipinski definition) is 2. The molecule has 0 saturated heterocycles. The molecule has 0 bridgehead atoms. The van der Waals surface area contributed by atoms with E-state index in [0.717, 1.165) is 0 Å². The van der Waals surface area contributed by atoms with Gasteiger partial charge < -0.3 is 0 Å². The van der Waals surface area contributed by atoms with Crippen LogP contribution in [-0.2, 0) is 0 Å². The Hall–Kier alpha value is 1.17. The zero-order valence-electron chi connectivity index (χ0n) is 10.3. The topological polar surface area (TPSA) is 6.48 Å². The molecule has 0 amide bonds. The third-order valence-corrected chi connectivity index (χ3v) is 13.8. The van der Waals surface area contributed by atoms with Crippen molar-refractivity contribution in [2.75, 3.05) is 26.2 Å². The molecule has 16 heavy (non-hydrogen) atoms. The minimum atomic E-state index is -3.61. The van der Waals surface area contributed by atoms with Crippen LogP contribution in [0.1, 0.15) is 27.7 Å². The standard InChI is InChI=1S/C9H21Br2F2N2P/c1-5-14(6-2)16(10,11,9(12)13)15(7-3)8-4/h9H,5-8H2,1-4H3. The molecule has 0 unspecified atom stereocenters. The van der Waals surface area contributed by atoms with Crippen molar-refractivity contribution >= 4 is 35.3 Å². The third kappa shape index (κ3) is 2.77. The fourth-order valence-electron chi connectivity index (χ4n) is 1.88. The van der Waals surface area contributed by atoms with Gasteiger partial charge in [0, 0.05) is 0 Å². The first-order valence-electron chi connectivity index (χ1n) is 5.53. The Balaban J connectivity index is 5.50. The quantitative estimate of drug-likeness (QED) is 0.575. The molecule has 0 spiro atoms. The van der Waals surface area contributed by atoms with Crippen LogP contribution in [0.3, 0.4) is 0 Å². The molecule has 0 radical (unpaired) electrons. The van der Waals surface area contributed by atoms with E-state index < -0.39 is 10.5 Å². The summed E-state index contributed by atoms with van der Waals surface area (Å²) in [6, 6.07) is 0. The van der Waals surface area contributed by atoms with Crippen LogP contribution in [0, 0.1) is 0 Å². The average Bonchev–Trinajstić information content (AvgIpc) is 2.20.